The number of rotatable bonds is 8. The van der Waals surface area contributed by atoms with Gasteiger partial charge in [-0.3, -0.25) is 4.79 Å². The Morgan fingerprint density at radius 3 is 2.10 bits per heavy atom. The molecule has 8 heteroatoms. The summed E-state index contributed by atoms with van der Waals surface area (Å²) in [7, 11) is 0. The van der Waals surface area contributed by atoms with Gasteiger partial charge in [0.1, 0.15) is 6.10 Å². The van der Waals surface area contributed by atoms with Crippen LogP contribution in [0.4, 0.5) is 0 Å². The van der Waals surface area contributed by atoms with E-state index in [0.29, 0.717) is 0 Å². The van der Waals surface area contributed by atoms with Crippen molar-refractivity contribution in [2.24, 2.45) is 11.7 Å². The molecule has 8 nitrogen and oxygen atoms in total. The molecule has 0 aliphatic carbocycles. The predicted octanol–water partition coefficient (Wildman–Crippen LogP) is -1.97. The van der Waals surface area contributed by atoms with E-state index < -0.39 is 42.3 Å². The number of carboxylic acids is 1. The zero-order valence-electron chi connectivity index (χ0n) is 11.9. The third kappa shape index (κ3) is 3.89. The van der Waals surface area contributed by atoms with Gasteiger partial charge in [0.05, 0.1) is 18.8 Å². The largest absolute Gasteiger partial charge is 0.479 e. The zero-order chi connectivity index (χ0) is 16.1. The monoisotopic (exact) mass is 292 g/mol. The number of aliphatic hydroxyl groups is 3. The summed E-state index contributed by atoms with van der Waals surface area (Å²) in [6.45, 7) is 3.79. The van der Waals surface area contributed by atoms with Crippen molar-refractivity contribution in [1.82, 2.24) is 5.32 Å². The molecule has 0 spiro atoms. The normalized spacial score (nSPS) is 19.0. The van der Waals surface area contributed by atoms with Gasteiger partial charge in [-0.15, -0.1) is 0 Å². The van der Waals surface area contributed by atoms with Crippen molar-refractivity contribution in [3.05, 3.63) is 0 Å². The summed E-state index contributed by atoms with van der Waals surface area (Å²) in [4.78, 5) is 23.2. The van der Waals surface area contributed by atoms with Gasteiger partial charge in [-0.25, -0.2) is 4.79 Å². The molecule has 20 heavy (non-hydrogen) atoms. The Bertz CT molecular complexity index is 349. The predicted molar refractivity (Wildman–Crippen MR) is 70.7 cm³/mol. The van der Waals surface area contributed by atoms with E-state index in [4.69, 9.17) is 5.73 Å². The summed E-state index contributed by atoms with van der Waals surface area (Å²) in [5, 5.41) is 40.1. The van der Waals surface area contributed by atoms with Crippen LogP contribution in [0.25, 0.3) is 0 Å². The summed E-state index contributed by atoms with van der Waals surface area (Å²) in [5.74, 6) is -2.73. The Morgan fingerprint density at radius 1 is 1.30 bits per heavy atom. The topological polar surface area (TPSA) is 153 Å². The van der Waals surface area contributed by atoms with E-state index in [1.54, 1.807) is 13.8 Å². The average Bonchev–Trinajstić information content (AvgIpc) is 2.41. The molecule has 3 unspecified atom stereocenters. The van der Waals surface area contributed by atoms with Crippen LogP contribution in [0.5, 0.6) is 0 Å². The fourth-order valence-electron chi connectivity index (χ4n) is 1.61. The van der Waals surface area contributed by atoms with Crippen molar-refractivity contribution < 1.29 is 30.0 Å². The summed E-state index contributed by atoms with van der Waals surface area (Å²) < 4.78 is 0. The molecule has 0 radical (unpaired) electrons. The van der Waals surface area contributed by atoms with Gasteiger partial charge >= 0.3 is 5.97 Å². The standard InChI is InChI=1S/C12H24N2O6/c1-4-7(16)9(17)12(5-15,11(19)20)14-10(18)8(13)6(2)3/h6-9,15-17H,4-5,13H2,1-3H3,(H,14,18)(H,19,20)/t7?,8?,9?,12-/m0/s1. The highest BCUT2D eigenvalue weighted by Gasteiger charge is 2.49. The van der Waals surface area contributed by atoms with Crippen LogP contribution in [0.15, 0.2) is 0 Å². The van der Waals surface area contributed by atoms with Crippen LogP contribution in [0, 0.1) is 5.92 Å². The van der Waals surface area contributed by atoms with Gasteiger partial charge in [-0.2, -0.15) is 0 Å². The number of aliphatic carboxylic acids is 1. The molecule has 0 aromatic carbocycles. The molecule has 0 aliphatic rings. The van der Waals surface area contributed by atoms with E-state index in [0.717, 1.165) is 0 Å². The lowest BCUT2D eigenvalue weighted by atomic mass is 9.87. The van der Waals surface area contributed by atoms with Crippen molar-refractivity contribution in [2.75, 3.05) is 6.61 Å². The Kier molecular flexibility index (Phi) is 7.07. The van der Waals surface area contributed by atoms with Gasteiger partial charge in [-0.1, -0.05) is 20.8 Å². The molecule has 0 saturated carbocycles. The highest BCUT2D eigenvalue weighted by atomic mass is 16.4. The number of carboxylic acid groups (broad SMARTS) is 1. The minimum atomic E-state index is -2.39. The molecule has 0 aliphatic heterocycles. The number of hydrogen-bond acceptors (Lipinski definition) is 6. The van der Waals surface area contributed by atoms with Crippen LogP contribution in [-0.2, 0) is 9.59 Å². The minimum Gasteiger partial charge on any atom is -0.479 e. The van der Waals surface area contributed by atoms with E-state index in [1.165, 1.54) is 6.92 Å². The van der Waals surface area contributed by atoms with E-state index in [9.17, 15) is 30.0 Å². The van der Waals surface area contributed by atoms with Crippen LogP contribution in [0.1, 0.15) is 27.2 Å². The second-order valence-corrected chi connectivity index (χ2v) is 5.11. The Balaban J connectivity index is 5.36. The quantitative estimate of drug-likeness (QED) is 0.303. The third-order valence-corrected chi connectivity index (χ3v) is 3.29. The molecular formula is C12H24N2O6. The first-order valence-electron chi connectivity index (χ1n) is 6.42. The molecule has 0 rings (SSSR count). The molecule has 0 aromatic heterocycles. The van der Waals surface area contributed by atoms with Crippen LogP contribution < -0.4 is 11.1 Å². The second-order valence-electron chi connectivity index (χ2n) is 5.11. The van der Waals surface area contributed by atoms with E-state index in [1.807, 2.05) is 0 Å². The van der Waals surface area contributed by atoms with Crippen molar-refractivity contribution in [1.29, 1.82) is 0 Å². The highest BCUT2D eigenvalue weighted by Crippen LogP contribution is 2.17. The van der Waals surface area contributed by atoms with Gasteiger partial charge in [0.15, 0.2) is 5.54 Å². The average molecular weight is 292 g/mol. The number of amides is 1. The number of carbonyl (C=O) groups is 2. The summed E-state index contributed by atoms with van der Waals surface area (Å²) in [6, 6.07) is -0.994. The molecule has 4 atom stereocenters. The number of carbonyl (C=O) groups excluding carboxylic acids is 1. The van der Waals surface area contributed by atoms with Gasteiger partial charge in [0.2, 0.25) is 5.91 Å². The van der Waals surface area contributed by atoms with E-state index in [2.05, 4.69) is 5.32 Å². The van der Waals surface area contributed by atoms with Gasteiger partial charge in [-0.05, 0) is 12.3 Å². The molecule has 7 N–H and O–H groups in total. The van der Waals surface area contributed by atoms with Crippen LogP contribution in [-0.4, -0.2) is 62.7 Å². The first kappa shape index (κ1) is 18.8. The van der Waals surface area contributed by atoms with Crippen molar-refractivity contribution in [3.63, 3.8) is 0 Å². The summed E-state index contributed by atoms with van der Waals surface area (Å²) >= 11 is 0. The maximum Gasteiger partial charge on any atom is 0.334 e. The summed E-state index contributed by atoms with van der Waals surface area (Å²) in [6.07, 6.45) is -3.21. The first-order valence-corrected chi connectivity index (χ1v) is 6.42. The molecule has 118 valence electrons. The molecule has 0 aromatic rings. The fourth-order valence-corrected chi connectivity index (χ4v) is 1.61. The number of nitrogens with two attached hydrogens (primary N) is 1. The maximum absolute atomic E-state index is 11.9. The van der Waals surface area contributed by atoms with E-state index in [-0.39, 0.29) is 12.3 Å². The van der Waals surface area contributed by atoms with Crippen molar-refractivity contribution >= 4 is 11.9 Å². The second kappa shape index (κ2) is 7.53. The highest BCUT2D eigenvalue weighted by molar-refractivity contribution is 5.90. The lowest BCUT2D eigenvalue weighted by molar-refractivity contribution is -0.162. The lowest BCUT2D eigenvalue weighted by Gasteiger charge is -2.36. The molecule has 1 amide bonds. The van der Waals surface area contributed by atoms with Crippen LogP contribution in [0.3, 0.4) is 0 Å². The maximum atomic E-state index is 11.9. The first-order chi connectivity index (χ1) is 9.13. The fraction of sp³-hybridized carbons (Fsp3) is 0.833. The number of hydrogen-bond donors (Lipinski definition) is 6. The molecular weight excluding hydrogens is 268 g/mol. The Labute approximate surface area is 117 Å². The van der Waals surface area contributed by atoms with Gasteiger partial charge < -0.3 is 31.5 Å². The van der Waals surface area contributed by atoms with Gasteiger partial charge in [0, 0.05) is 0 Å². The van der Waals surface area contributed by atoms with Crippen molar-refractivity contribution in [3.8, 4) is 0 Å². The smallest absolute Gasteiger partial charge is 0.334 e. The van der Waals surface area contributed by atoms with Crippen LogP contribution in [0.2, 0.25) is 0 Å². The Hall–Kier alpha value is -1.22. The number of nitrogens with one attached hydrogen (secondary N) is 1. The lowest BCUT2D eigenvalue weighted by Crippen LogP contribution is -2.69. The van der Waals surface area contributed by atoms with Gasteiger partial charge in [0.25, 0.3) is 0 Å². The zero-order valence-corrected chi connectivity index (χ0v) is 11.9. The molecule has 0 bridgehead atoms. The number of aliphatic hydroxyl groups excluding tert-OH is 3. The minimum absolute atomic E-state index is 0.0578. The third-order valence-electron chi connectivity index (χ3n) is 3.29. The van der Waals surface area contributed by atoms with E-state index >= 15 is 0 Å². The molecule has 0 heterocycles. The van der Waals surface area contributed by atoms with Crippen LogP contribution >= 0.6 is 0 Å². The molecule has 0 saturated heterocycles. The Morgan fingerprint density at radius 2 is 1.80 bits per heavy atom. The SMILES string of the molecule is CCC(O)C(O)[C@](CO)(NC(=O)C(N)C(C)C)C(=O)O. The molecule has 0 fully saturated rings. The summed E-state index contributed by atoms with van der Waals surface area (Å²) in [5.41, 5.74) is 3.21. The van der Waals surface area contributed by atoms with Crippen molar-refractivity contribution in [2.45, 2.75) is 51.0 Å².